The van der Waals surface area contributed by atoms with Gasteiger partial charge in [0.2, 0.25) is 0 Å². The van der Waals surface area contributed by atoms with Crippen LogP contribution < -0.4 is 5.32 Å². The Bertz CT molecular complexity index is 1040. The molecule has 0 unspecified atom stereocenters. The maximum absolute atomic E-state index is 12.8. The highest BCUT2D eigenvalue weighted by atomic mass is 16.5. The highest BCUT2D eigenvalue weighted by molar-refractivity contribution is 6.07. The third-order valence-corrected chi connectivity index (χ3v) is 4.86. The third kappa shape index (κ3) is 3.74. The van der Waals surface area contributed by atoms with Gasteiger partial charge in [0, 0.05) is 18.7 Å². The number of hydrogen-bond donors (Lipinski definition) is 1. The van der Waals surface area contributed by atoms with Gasteiger partial charge in [0.25, 0.3) is 5.91 Å². The van der Waals surface area contributed by atoms with E-state index >= 15 is 0 Å². The Morgan fingerprint density at radius 3 is 2.71 bits per heavy atom. The molecule has 1 fully saturated rings. The molecule has 144 valence electrons. The second-order valence-corrected chi connectivity index (χ2v) is 7.11. The van der Waals surface area contributed by atoms with Gasteiger partial charge in [-0.1, -0.05) is 30.3 Å². The Morgan fingerprint density at radius 1 is 1.25 bits per heavy atom. The summed E-state index contributed by atoms with van der Waals surface area (Å²) in [5.41, 5.74) is 3.75. The van der Waals surface area contributed by atoms with E-state index in [0.717, 1.165) is 35.2 Å². The summed E-state index contributed by atoms with van der Waals surface area (Å²) in [5.74, 6) is -0.392. The molecule has 7 nitrogen and oxygen atoms in total. The van der Waals surface area contributed by atoms with E-state index in [0.29, 0.717) is 17.1 Å². The number of pyridine rings is 1. The average molecular weight is 378 g/mol. The molecule has 1 saturated carbocycles. The van der Waals surface area contributed by atoms with Crippen molar-refractivity contribution in [1.82, 2.24) is 20.1 Å². The zero-order chi connectivity index (χ0) is 19.7. The van der Waals surface area contributed by atoms with E-state index in [-0.39, 0.29) is 19.1 Å². The highest BCUT2D eigenvalue weighted by Crippen LogP contribution is 2.40. The number of rotatable bonds is 6. The summed E-state index contributed by atoms with van der Waals surface area (Å²) in [6, 6.07) is 11.3. The van der Waals surface area contributed by atoms with Crippen LogP contribution in [0.15, 0.2) is 36.4 Å². The second kappa shape index (κ2) is 7.42. The molecule has 1 aliphatic carbocycles. The van der Waals surface area contributed by atoms with Gasteiger partial charge < -0.3 is 10.1 Å². The summed E-state index contributed by atoms with van der Waals surface area (Å²) in [6.07, 6.45) is 2.17. The second-order valence-electron chi connectivity index (χ2n) is 7.11. The Morgan fingerprint density at radius 2 is 2.00 bits per heavy atom. The minimum absolute atomic E-state index is 0.183. The fourth-order valence-electron chi connectivity index (χ4n) is 3.27. The fourth-order valence-corrected chi connectivity index (χ4v) is 3.27. The van der Waals surface area contributed by atoms with Gasteiger partial charge in [0.05, 0.1) is 16.6 Å². The van der Waals surface area contributed by atoms with Crippen LogP contribution in [0.1, 0.15) is 46.1 Å². The molecule has 1 amide bonds. The van der Waals surface area contributed by atoms with Crippen molar-refractivity contribution in [2.24, 2.45) is 7.05 Å². The van der Waals surface area contributed by atoms with Crippen LogP contribution in [0.4, 0.5) is 0 Å². The molecule has 0 radical (unpaired) electrons. The van der Waals surface area contributed by atoms with Gasteiger partial charge in [-0.05, 0) is 31.4 Å². The smallest absolute Gasteiger partial charge is 0.325 e. The van der Waals surface area contributed by atoms with Crippen LogP contribution in [-0.2, 0) is 23.2 Å². The van der Waals surface area contributed by atoms with E-state index in [1.165, 1.54) is 0 Å². The number of ether oxygens (including phenoxy) is 1. The highest BCUT2D eigenvalue weighted by Gasteiger charge is 2.28. The topological polar surface area (TPSA) is 86.1 Å². The lowest BCUT2D eigenvalue weighted by atomic mass is 10.1. The lowest BCUT2D eigenvalue weighted by Crippen LogP contribution is -2.31. The zero-order valence-electron chi connectivity index (χ0n) is 15.9. The average Bonchev–Trinajstić information content (AvgIpc) is 3.51. The summed E-state index contributed by atoms with van der Waals surface area (Å²) < 4.78 is 6.92. The van der Waals surface area contributed by atoms with Crippen LogP contribution in [0, 0.1) is 6.92 Å². The van der Waals surface area contributed by atoms with Crippen molar-refractivity contribution in [1.29, 1.82) is 0 Å². The number of nitrogens with one attached hydrogen (secondary N) is 1. The zero-order valence-corrected chi connectivity index (χ0v) is 15.9. The van der Waals surface area contributed by atoms with Gasteiger partial charge in [-0.25, -0.2) is 4.98 Å². The van der Waals surface area contributed by atoms with Crippen LogP contribution in [-0.4, -0.2) is 33.2 Å². The summed E-state index contributed by atoms with van der Waals surface area (Å²) in [5, 5.41) is 7.79. The quantitative estimate of drug-likeness (QED) is 0.667. The SMILES string of the molecule is Cc1nn(C)c2nc(C3CC3)cc(C(=O)NCC(=O)OCc3ccccc3)c12. The van der Waals surface area contributed by atoms with Gasteiger partial charge in [-0.2, -0.15) is 5.10 Å². The third-order valence-electron chi connectivity index (χ3n) is 4.86. The van der Waals surface area contributed by atoms with Gasteiger partial charge in [-0.3, -0.25) is 14.3 Å². The monoisotopic (exact) mass is 378 g/mol. The minimum atomic E-state index is -0.479. The molecule has 0 atom stereocenters. The first-order valence-electron chi connectivity index (χ1n) is 9.35. The molecule has 4 rings (SSSR count). The van der Waals surface area contributed by atoms with Crippen LogP contribution >= 0.6 is 0 Å². The molecule has 0 saturated heterocycles. The Balaban J connectivity index is 1.47. The molecular formula is C21H22N4O3. The summed E-state index contributed by atoms with van der Waals surface area (Å²) in [4.78, 5) is 29.5. The first-order valence-corrected chi connectivity index (χ1v) is 9.35. The molecule has 2 aromatic heterocycles. The van der Waals surface area contributed by atoms with Gasteiger partial charge in [0.1, 0.15) is 13.2 Å². The van der Waals surface area contributed by atoms with E-state index in [1.54, 1.807) is 4.68 Å². The number of nitrogens with zero attached hydrogens (tertiary/aromatic N) is 3. The molecule has 0 spiro atoms. The lowest BCUT2D eigenvalue weighted by Gasteiger charge is -2.09. The molecule has 7 heteroatoms. The van der Waals surface area contributed by atoms with E-state index in [1.807, 2.05) is 50.4 Å². The van der Waals surface area contributed by atoms with E-state index in [4.69, 9.17) is 4.74 Å². The standard InChI is InChI=1S/C21H22N4O3/c1-13-19-16(10-17(15-8-9-15)23-20(19)25(2)24-13)21(27)22-11-18(26)28-12-14-6-4-3-5-7-14/h3-7,10,15H,8-9,11-12H2,1-2H3,(H,22,27). The van der Waals surface area contributed by atoms with Crippen molar-refractivity contribution < 1.29 is 14.3 Å². The van der Waals surface area contributed by atoms with E-state index in [2.05, 4.69) is 15.4 Å². The minimum Gasteiger partial charge on any atom is -0.460 e. The molecule has 0 bridgehead atoms. The van der Waals surface area contributed by atoms with Crippen LogP contribution in [0.25, 0.3) is 11.0 Å². The molecule has 1 aliphatic rings. The van der Waals surface area contributed by atoms with Crippen LogP contribution in [0.3, 0.4) is 0 Å². The van der Waals surface area contributed by atoms with Crippen molar-refractivity contribution >= 4 is 22.9 Å². The number of carbonyl (C=O) groups excluding carboxylic acids is 2. The molecule has 1 N–H and O–H groups in total. The number of fused-ring (bicyclic) bond motifs is 1. The Hall–Kier alpha value is -3.22. The summed E-state index contributed by atoms with van der Waals surface area (Å²) >= 11 is 0. The fraction of sp³-hybridized carbons (Fsp3) is 0.333. The van der Waals surface area contributed by atoms with Crippen molar-refractivity contribution in [3.63, 3.8) is 0 Å². The summed E-state index contributed by atoms with van der Waals surface area (Å²) in [7, 11) is 1.82. The number of esters is 1. The number of aromatic nitrogens is 3. The first-order chi connectivity index (χ1) is 13.5. The number of hydrogen-bond acceptors (Lipinski definition) is 5. The van der Waals surface area contributed by atoms with Gasteiger partial charge in [0.15, 0.2) is 5.65 Å². The van der Waals surface area contributed by atoms with Gasteiger partial charge >= 0.3 is 5.97 Å². The first kappa shape index (κ1) is 18.2. The van der Waals surface area contributed by atoms with Gasteiger partial charge in [-0.15, -0.1) is 0 Å². The van der Waals surface area contributed by atoms with Crippen LogP contribution in [0.5, 0.6) is 0 Å². The maximum atomic E-state index is 12.8. The molecule has 0 aliphatic heterocycles. The predicted molar refractivity (Wildman–Crippen MR) is 104 cm³/mol. The molecule has 2 heterocycles. The van der Waals surface area contributed by atoms with Crippen molar-refractivity contribution in [3.8, 4) is 0 Å². The molecule has 3 aromatic rings. The van der Waals surface area contributed by atoms with E-state index < -0.39 is 5.97 Å². The lowest BCUT2D eigenvalue weighted by molar-refractivity contribution is -0.143. The number of aryl methyl sites for hydroxylation is 2. The van der Waals surface area contributed by atoms with Crippen LogP contribution in [0.2, 0.25) is 0 Å². The largest absolute Gasteiger partial charge is 0.460 e. The Kier molecular flexibility index (Phi) is 4.81. The number of carbonyl (C=O) groups is 2. The van der Waals surface area contributed by atoms with E-state index in [9.17, 15) is 9.59 Å². The maximum Gasteiger partial charge on any atom is 0.325 e. The number of benzene rings is 1. The molecule has 1 aromatic carbocycles. The van der Waals surface area contributed by atoms with Crippen molar-refractivity contribution in [2.75, 3.05) is 6.54 Å². The normalized spacial score (nSPS) is 13.5. The Labute approximate surface area is 162 Å². The number of amides is 1. The summed E-state index contributed by atoms with van der Waals surface area (Å²) in [6.45, 7) is 1.85. The molecular weight excluding hydrogens is 356 g/mol. The predicted octanol–water partition coefficient (Wildman–Crippen LogP) is 2.63. The van der Waals surface area contributed by atoms with Crippen molar-refractivity contribution in [3.05, 3.63) is 58.9 Å². The molecule has 28 heavy (non-hydrogen) atoms. The van der Waals surface area contributed by atoms with Crippen molar-refractivity contribution in [2.45, 2.75) is 32.3 Å².